The van der Waals surface area contributed by atoms with Crippen molar-refractivity contribution in [3.8, 4) is 11.8 Å². The summed E-state index contributed by atoms with van der Waals surface area (Å²) < 4.78 is 21.5. The van der Waals surface area contributed by atoms with Crippen LogP contribution in [0.4, 0.5) is 15.2 Å². The smallest absolute Gasteiger partial charge is 0.274 e. The number of thiazole rings is 1. The highest BCUT2D eigenvalue weighted by Gasteiger charge is 2.30. The molecule has 2 saturated heterocycles. The van der Waals surface area contributed by atoms with E-state index in [9.17, 15) is 19.2 Å². The number of piperidine rings is 1. The van der Waals surface area contributed by atoms with Crippen molar-refractivity contribution in [2.45, 2.75) is 51.3 Å². The number of likely N-dealkylation sites (tertiary alicyclic amines) is 1. The quantitative estimate of drug-likeness (QED) is 0.265. The number of carbonyl (C=O) groups is 2. The van der Waals surface area contributed by atoms with Crippen LogP contribution in [0.3, 0.4) is 0 Å². The van der Waals surface area contributed by atoms with Gasteiger partial charge in [0.25, 0.3) is 5.91 Å². The molecule has 12 heteroatoms. The first-order valence-corrected chi connectivity index (χ1v) is 15.5. The molecule has 5 heterocycles. The van der Waals surface area contributed by atoms with E-state index in [1.54, 1.807) is 42.0 Å². The van der Waals surface area contributed by atoms with Gasteiger partial charge in [-0.1, -0.05) is 0 Å². The maximum Gasteiger partial charge on any atom is 0.274 e. The molecule has 0 bridgehead atoms. The number of pyridine rings is 1. The fourth-order valence-electron chi connectivity index (χ4n) is 5.93. The van der Waals surface area contributed by atoms with Crippen molar-refractivity contribution < 1.29 is 18.7 Å². The number of hydrogen-bond acceptors (Lipinski definition) is 8. The third-order valence-electron chi connectivity index (χ3n) is 8.13. The number of halogens is 1. The first-order chi connectivity index (χ1) is 21.4. The fraction of sp³-hybridized carbons (Fsp3) is 0.344. The molecule has 2 amide bonds. The first kappa shape index (κ1) is 29.3. The van der Waals surface area contributed by atoms with E-state index in [1.165, 1.54) is 23.6 Å². The Labute approximate surface area is 258 Å². The Bertz CT molecular complexity index is 1710. The Morgan fingerprint density at radius 3 is 2.77 bits per heavy atom. The Kier molecular flexibility index (Phi) is 8.56. The molecular weight excluding hydrogens is 581 g/mol. The van der Waals surface area contributed by atoms with E-state index in [0.717, 1.165) is 43.6 Å². The molecule has 0 saturated carbocycles. The summed E-state index contributed by atoms with van der Waals surface area (Å²) in [7, 11) is 0. The highest BCUT2D eigenvalue weighted by molar-refractivity contribution is 7.14. The molecule has 226 valence electrons. The average molecular weight is 614 g/mol. The number of aromatic nitrogens is 3. The summed E-state index contributed by atoms with van der Waals surface area (Å²) in [6.45, 7) is 4.05. The number of nitrogens with zero attached hydrogens (tertiary/aromatic N) is 6. The highest BCUT2D eigenvalue weighted by atomic mass is 32.1. The third-order valence-corrected chi connectivity index (χ3v) is 8.91. The van der Waals surface area contributed by atoms with E-state index in [1.807, 2.05) is 22.4 Å². The van der Waals surface area contributed by atoms with Gasteiger partial charge in [-0.2, -0.15) is 9.65 Å². The van der Waals surface area contributed by atoms with Gasteiger partial charge in [0.2, 0.25) is 11.9 Å². The predicted octanol–water partition coefficient (Wildman–Crippen LogP) is 5.38. The minimum atomic E-state index is -0.564. The minimum Gasteiger partial charge on any atom is -0.490 e. The van der Waals surface area contributed by atoms with E-state index < -0.39 is 5.95 Å². The average Bonchev–Trinajstić information content (AvgIpc) is 3.79. The lowest BCUT2D eigenvalue weighted by molar-refractivity contribution is -0.130. The Morgan fingerprint density at radius 2 is 2.00 bits per heavy atom. The third kappa shape index (κ3) is 6.43. The number of ether oxygens (including phenoxy) is 1. The zero-order valence-corrected chi connectivity index (χ0v) is 25.1. The number of carbonyl (C=O) groups excluding carboxylic acids is 2. The van der Waals surface area contributed by atoms with E-state index in [0.29, 0.717) is 47.3 Å². The second kappa shape index (κ2) is 12.9. The standard InChI is InChI=1S/C32H32FN7O3S/c1-21(41)38-14-9-24(10-15-38)43-25-6-7-27(23(17-25)18-34)40-13-3-4-28(40)26-20-44-32(36-26)37-31(42)29-5-2-12-39(29)19-22-8-11-35-30(33)16-22/h2,5-8,11-12,16-17,20,24,28H,3-4,9-10,13-15,19H2,1H3,(H,36,37,42). The molecule has 0 aliphatic carbocycles. The molecule has 4 aromatic rings. The summed E-state index contributed by atoms with van der Waals surface area (Å²) in [6.07, 6.45) is 6.53. The summed E-state index contributed by atoms with van der Waals surface area (Å²) in [6, 6.07) is 14.5. The second-order valence-electron chi connectivity index (χ2n) is 11.0. The monoisotopic (exact) mass is 613 g/mol. The largest absolute Gasteiger partial charge is 0.490 e. The van der Waals surface area contributed by atoms with Crippen LogP contribution in [-0.2, 0) is 11.3 Å². The minimum absolute atomic E-state index is 0.00709. The molecule has 6 rings (SSSR count). The topological polar surface area (TPSA) is 116 Å². The Hall–Kier alpha value is -4.76. The number of amides is 2. The molecule has 2 aliphatic heterocycles. The SMILES string of the molecule is CC(=O)N1CCC(Oc2ccc(N3CCCC3c3csc(NC(=O)c4cccn4Cc4ccnc(F)c4)n3)c(C#N)c2)CC1. The number of hydrogen-bond donors (Lipinski definition) is 1. The summed E-state index contributed by atoms with van der Waals surface area (Å²) >= 11 is 1.36. The van der Waals surface area contributed by atoms with Crippen LogP contribution in [0, 0.1) is 17.3 Å². The van der Waals surface area contributed by atoms with E-state index in [2.05, 4.69) is 21.3 Å². The zero-order valence-electron chi connectivity index (χ0n) is 24.3. The van der Waals surface area contributed by atoms with Gasteiger partial charge in [-0.05, 0) is 54.8 Å². The van der Waals surface area contributed by atoms with Crippen molar-refractivity contribution in [2.24, 2.45) is 0 Å². The molecule has 0 radical (unpaired) electrons. The van der Waals surface area contributed by atoms with Crippen LogP contribution in [0.1, 0.15) is 66.0 Å². The van der Waals surface area contributed by atoms with Crippen LogP contribution >= 0.6 is 11.3 Å². The normalized spacial score (nSPS) is 17.0. The molecular formula is C32H32FN7O3S. The Balaban J connectivity index is 1.12. The van der Waals surface area contributed by atoms with Gasteiger partial charge in [0, 0.05) is 69.8 Å². The van der Waals surface area contributed by atoms with Crippen molar-refractivity contribution in [3.05, 3.63) is 88.7 Å². The van der Waals surface area contributed by atoms with Gasteiger partial charge in [-0.15, -0.1) is 11.3 Å². The molecule has 44 heavy (non-hydrogen) atoms. The Morgan fingerprint density at radius 1 is 1.16 bits per heavy atom. The molecule has 1 unspecified atom stereocenters. The first-order valence-electron chi connectivity index (χ1n) is 14.6. The number of rotatable bonds is 8. The maximum atomic E-state index is 13.5. The van der Waals surface area contributed by atoms with Crippen LogP contribution in [0.2, 0.25) is 0 Å². The number of benzene rings is 1. The predicted molar refractivity (Wildman–Crippen MR) is 164 cm³/mol. The molecule has 0 spiro atoms. The van der Waals surface area contributed by atoms with E-state index in [4.69, 9.17) is 9.72 Å². The summed E-state index contributed by atoms with van der Waals surface area (Å²) in [5, 5.41) is 15.4. The molecule has 1 N–H and O–H groups in total. The molecule has 10 nitrogen and oxygen atoms in total. The van der Waals surface area contributed by atoms with Gasteiger partial charge in [-0.3, -0.25) is 14.9 Å². The molecule has 1 aromatic carbocycles. The zero-order chi connectivity index (χ0) is 30.6. The van der Waals surface area contributed by atoms with Crippen molar-refractivity contribution in [1.29, 1.82) is 5.26 Å². The maximum absolute atomic E-state index is 13.5. The summed E-state index contributed by atoms with van der Waals surface area (Å²) in [5.74, 6) is -0.131. The van der Waals surface area contributed by atoms with Gasteiger partial charge >= 0.3 is 0 Å². The number of anilines is 2. The van der Waals surface area contributed by atoms with Crippen LogP contribution in [0.25, 0.3) is 0 Å². The summed E-state index contributed by atoms with van der Waals surface area (Å²) in [5.41, 5.74) is 3.34. The van der Waals surface area contributed by atoms with Gasteiger partial charge < -0.3 is 19.1 Å². The van der Waals surface area contributed by atoms with Crippen molar-refractivity contribution in [1.82, 2.24) is 19.4 Å². The van der Waals surface area contributed by atoms with Gasteiger partial charge in [-0.25, -0.2) is 9.97 Å². The molecule has 3 aromatic heterocycles. The van der Waals surface area contributed by atoms with Crippen molar-refractivity contribution in [3.63, 3.8) is 0 Å². The van der Waals surface area contributed by atoms with Gasteiger partial charge in [0.15, 0.2) is 5.13 Å². The molecule has 2 aliphatic rings. The fourth-order valence-corrected chi connectivity index (χ4v) is 6.68. The highest BCUT2D eigenvalue weighted by Crippen LogP contribution is 2.39. The van der Waals surface area contributed by atoms with Crippen LogP contribution in [-0.4, -0.2) is 57.0 Å². The van der Waals surface area contributed by atoms with Crippen LogP contribution in [0.15, 0.2) is 60.2 Å². The van der Waals surface area contributed by atoms with Gasteiger partial charge in [0.1, 0.15) is 23.6 Å². The lowest BCUT2D eigenvalue weighted by Crippen LogP contribution is -2.40. The molecule has 1 atom stereocenters. The van der Waals surface area contributed by atoms with Crippen molar-refractivity contribution in [2.75, 3.05) is 29.9 Å². The lowest BCUT2D eigenvalue weighted by atomic mass is 10.1. The number of nitriles is 1. The van der Waals surface area contributed by atoms with E-state index >= 15 is 0 Å². The van der Waals surface area contributed by atoms with Crippen LogP contribution < -0.4 is 15.0 Å². The molecule has 2 fully saturated rings. The lowest BCUT2D eigenvalue weighted by Gasteiger charge is -2.32. The second-order valence-corrected chi connectivity index (χ2v) is 11.9. The van der Waals surface area contributed by atoms with Gasteiger partial charge in [0.05, 0.1) is 23.0 Å². The van der Waals surface area contributed by atoms with E-state index in [-0.39, 0.29) is 24.0 Å². The summed E-state index contributed by atoms with van der Waals surface area (Å²) in [4.78, 5) is 37.1. The number of nitrogens with one attached hydrogen (secondary N) is 1. The van der Waals surface area contributed by atoms with Crippen LogP contribution in [0.5, 0.6) is 5.75 Å². The van der Waals surface area contributed by atoms with Crippen molar-refractivity contribution >= 4 is 34.0 Å².